The van der Waals surface area contributed by atoms with E-state index in [2.05, 4.69) is 15.6 Å². The summed E-state index contributed by atoms with van der Waals surface area (Å²) in [4.78, 5) is 26.2. The van der Waals surface area contributed by atoms with E-state index in [1.807, 2.05) is 41.5 Å². The Balaban J connectivity index is 4.73. The largest absolute Gasteiger partial charge is 0.500 e. The molecule has 0 heterocycles. The number of carbonyl (C=O) groups excluding carboxylic acids is 2. The number of esters is 1. The highest BCUT2D eigenvalue weighted by molar-refractivity contribution is 6.60. The van der Waals surface area contributed by atoms with Gasteiger partial charge in [-0.05, 0) is 54.9 Å². The summed E-state index contributed by atoms with van der Waals surface area (Å²) in [5.74, 6) is -0.414. The quantitative estimate of drug-likeness (QED) is 0.186. The van der Waals surface area contributed by atoms with Gasteiger partial charge in [-0.15, -0.1) is 0 Å². The minimum atomic E-state index is -2.71. The smallest absolute Gasteiger partial charge is 0.460 e. The van der Waals surface area contributed by atoms with Crippen molar-refractivity contribution in [1.29, 1.82) is 0 Å². The molecule has 0 aromatic rings. The summed E-state index contributed by atoms with van der Waals surface area (Å²) in [6.07, 6.45) is 0.681. The van der Waals surface area contributed by atoms with E-state index in [0.29, 0.717) is 50.9 Å². The maximum atomic E-state index is 12.7. The molecule has 173 valence electrons. The lowest BCUT2D eigenvalue weighted by atomic mass is 10.1. The van der Waals surface area contributed by atoms with Crippen LogP contribution in [0.4, 0.5) is 4.79 Å². The van der Waals surface area contributed by atoms with E-state index in [-0.39, 0.29) is 12.6 Å². The molecule has 0 spiro atoms. The highest BCUT2D eigenvalue weighted by atomic mass is 28.4. The Kier molecular flexibility index (Phi) is 14.1. The average Bonchev–Trinajstić information content (AvgIpc) is 2.67. The van der Waals surface area contributed by atoms with Crippen molar-refractivity contribution in [1.82, 2.24) is 10.2 Å². The zero-order valence-corrected chi connectivity index (χ0v) is 21.6. The summed E-state index contributed by atoms with van der Waals surface area (Å²) < 4.78 is 22.7. The molecule has 0 fully saturated rings. The number of rotatable bonds is 14. The van der Waals surface area contributed by atoms with Crippen LogP contribution in [0.3, 0.4) is 0 Å². The Morgan fingerprint density at radius 1 is 1.07 bits per heavy atom. The lowest BCUT2D eigenvalue weighted by Gasteiger charge is -2.35. The van der Waals surface area contributed by atoms with Gasteiger partial charge in [-0.3, -0.25) is 0 Å². The van der Waals surface area contributed by atoms with Gasteiger partial charge in [-0.1, -0.05) is 5.70 Å². The number of hydrogen-bond acceptors (Lipinski definition) is 6. The number of urea groups is 1. The zero-order valence-electron chi connectivity index (χ0n) is 19.6. The lowest BCUT2D eigenvalue weighted by molar-refractivity contribution is -0.139. The molecule has 0 saturated carbocycles. The van der Waals surface area contributed by atoms with E-state index in [1.54, 1.807) is 11.8 Å². The number of amides is 2. The summed E-state index contributed by atoms with van der Waals surface area (Å²) in [6.45, 7) is 15.7. The van der Waals surface area contributed by atoms with Crippen LogP contribution >= 0.6 is 0 Å². The fourth-order valence-electron chi connectivity index (χ4n) is 2.74. The van der Waals surface area contributed by atoms with Gasteiger partial charge in [0.15, 0.2) is 0 Å². The normalized spacial score (nSPS) is 12.6. The van der Waals surface area contributed by atoms with Gasteiger partial charge in [-0.2, -0.15) is 0 Å². The van der Waals surface area contributed by atoms with Crippen LogP contribution in [-0.2, 0) is 22.8 Å². The van der Waals surface area contributed by atoms with Gasteiger partial charge >= 0.3 is 20.8 Å². The third-order valence-electron chi connectivity index (χ3n) is 4.17. The minimum Gasteiger partial charge on any atom is -0.460 e. The summed E-state index contributed by atoms with van der Waals surface area (Å²) in [5.41, 5.74) is 1.55. The molecule has 1 N–H and O–H groups in total. The van der Waals surface area contributed by atoms with E-state index in [9.17, 15) is 9.59 Å². The molecule has 0 aliphatic carbocycles. The van der Waals surface area contributed by atoms with Crippen LogP contribution in [0.15, 0.2) is 11.3 Å². The maximum Gasteiger partial charge on any atom is 0.500 e. The van der Waals surface area contributed by atoms with Crippen molar-refractivity contribution in [2.24, 2.45) is 0 Å². The predicted octanol–water partition coefficient (Wildman–Crippen LogP) is 2.85. The Morgan fingerprint density at radius 3 is 2.03 bits per heavy atom. The zero-order chi connectivity index (χ0) is 23.2. The number of nitrogens with one attached hydrogen (secondary N) is 1. The van der Waals surface area contributed by atoms with Crippen molar-refractivity contribution in [2.75, 3.05) is 39.5 Å². The van der Waals surface area contributed by atoms with E-state index < -0.39 is 20.3 Å². The standard InChI is InChI=1S/C20H39N2O6Si2/c1-8-26-30(27-9-2,28-10-3)15-11-12-21-19(24)22(20(5,6)7)13-14-25-18(23)17(4)16-29/h16H,8-15H2,1-7H3,(H,21,24)/b17-16+. The first-order valence-electron chi connectivity index (χ1n) is 10.5. The van der Waals surface area contributed by atoms with Crippen molar-refractivity contribution >= 4 is 31.0 Å². The Hall–Kier alpha value is -1.21. The lowest BCUT2D eigenvalue weighted by Crippen LogP contribution is -2.52. The summed E-state index contributed by atoms with van der Waals surface area (Å²) >= 11 is 0. The molecule has 2 amide bonds. The molecule has 30 heavy (non-hydrogen) atoms. The second-order valence-corrected chi connectivity index (χ2v) is 10.6. The number of nitrogens with zero attached hydrogens (tertiary/aromatic N) is 1. The molecule has 0 aliphatic rings. The number of carbonyl (C=O) groups is 2. The minimum absolute atomic E-state index is 0.121. The molecule has 0 aromatic carbocycles. The van der Waals surface area contributed by atoms with Crippen LogP contribution in [0.25, 0.3) is 0 Å². The van der Waals surface area contributed by atoms with Crippen LogP contribution in [0.5, 0.6) is 0 Å². The molecule has 0 aromatic heterocycles. The molecule has 8 nitrogen and oxygen atoms in total. The fraction of sp³-hybridized carbons (Fsp3) is 0.800. The number of hydrogen-bond donors (Lipinski definition) is 1. The molecular formula is C20H39N2O6Si2. The van der Waals surface area contributed by atoms with E-state index >= 15 is 0 Å². The first-order chi connectivity index (χ1) is 14.1. The maximum absolute atomic E-state index is 12.7. The van der Waals surface area contributed by atoms with Crippen molar-refractivity contribution in [3.05, 3.63) is 11.3 Å². The SMILES string of the molecule is CCO[Si](CCCNC(=O)N(CCOC(=O)/C(C)=C/[Si])C(C)(C)C)(OCC)OCC. The van der Waals surface area contributed by atoms with Gasteiger partial charge in [0.2, 0.25) is 0 Å². The van der Waals surface area contributed by atoms with Gasteiger partial charge in [0, 0.05) is 43.5 Å². The third-order valence-corrected chi connectivity index (χ3v) is 7.75. The molecule has 0 atom stereocenters. The summed E-state index contributed by atoms with van der Waals surface area (Å²) in [6, 6.07) is 0.427. The Bertz CT molecular complexity index is 535. The van der Waals surface area contributed by atoms with Gasteiger partial charge in [0.05, 0.1) is 16.8 Å². The molecule has 0 aliphatic heterocycles. The third kappa shape index (κ3) is 10.7. The molecule has 0 saturated heterocycles. The topological polar surface area (TPSA) is 86.3 Å². The van der Waals surface area contributed by atoms with Crippen LogP contribution in [0, 0.1) is 0 Å². The second-order valence-electron chi connectivity index (χ2n) is 7.60. The average molecular weight is 460 g/mol. The van der Waals surface area contributed by atoms with E-state index in [4.69, 9.17) is 18.0 Å². The van der Waals surface area contributed by atoms with Crippen LogP contribution in [0.1, 0.15) is 54.9 Å². The monoisotopic (exact) mass is 459 g/mol. The fourth-order valence-corrected chi connectivity index (χ4v) is 5.47. The van der Waals surface area contributed by atoms with Gasteiger partial charge < -0.3 is 28.2 Å². The van der Waals surface area contributed by atoms with E-state index in [1.165, 1.54) is 5.70 Å². The Labute approximate surface area is 186 Å². The van der Waals surface area contributed by atoms with Crippen LogP contribution in [-0.4, -0.2) is 81.0 Å². The number of ether oxygens (including phenoxy) is 1. The highest BCUT2D eigenvalue weighted by Crippen LogP contribution is 2.18. The van der Waals surface area contributed by atoms with E-state index in [0.717, 1.165) is 0 Å². The van der Waals surface area contributed by atoms with Crippen molar-refractivity contribution in [3.8, 4) is 0 Å². The van der Waals surface area contributed by atoms with Gasteiger partial charge in [0.25, 0.3) is 0 Å². The molecule has 0 unspecified atom stereocenters. The summed E-state index contributed by atoms with van der Waals surface area (Å²) in [5, 5.41) is 2.94. The molecule has 0 bridgehead atoms. The van der Waals surface area contributed by atoms with Gasteiger partial charge in [0.1, 0.15) is 6.61 Å². The van der Waals surface area contributed by atoms with Gasteiger partial charge in [-0.25, -0.2) is 9.59 Å². The second kappa shape index (κ2) is 14.7. The van der Waals surface area contributed by atoms with Crippen molar-refractivity contribution < 1.29 is 27.6 Å². The molecule has 10 heteroatoms. The van der Waals surface area contributed by atoms with Crippen molar-refractivity contribution in [3.63, 3.8) is 0 Å². The summed E-state index contributed by atoms with van der Waals surface area (Å²) in [7, 11) is 0.446. The Morgan fingerprint density at radius 2 is 1.60 bits per heavy atom. The van der Waals surface area contributed by atoms with Crippen molar-refractivity contribution in [2.45, 2.75) is 66.5 Å². The predicted molar refractivity (Wildman–Crippen MR) is 120 cm³/mol. The molecular weight excluding hydrogens is 420 g/mol. The highest BCUT2D eigenvalue weighted by Gasteiger charge is 2.39. The van der Waals surface area contributed by atoms with Crippen LogP contribution in [0.2, 0.25) is 6.04 Å². The molecule has 3 radical (unpaired) electrons. The first-order valence-corrected chi connectivity index (χ1v) is 13.1. The molecule has 0 rings (SSSR count). The van der Waals surface area contributed by atoms with Crippen LogP contribution < -0.4 is 5.32 Å². The first kappa shape index (κ1) is 28.8.